The number of ether oxygens (including phenoxy) is 2. The van der Waals surface area contributed by atoms with Gasteiger partial charge in [-0.05, 0) is 54.7 Å². The van der Waals surface area contributed by atoms with Gasteiger partial charge in [0.15, 0.2) is 11.5 Å². The average Bonchev–Trinajstić information content (AvgIpc) is 3.43. The fraction of sp³-hybridized carbons (Fsp3) is 0.360. The third kappa shape index (κ3) is 4.60. The second-order valence-electron chi connectivity index (χ2n) is 8.82. The van der Waals surface area contributed by atoms with E-state index in [0.717, 1.165) is 33.7 Å². The first-order valence-electron chi connectivity index (χ1n) is 11.1. The zero-order chi connectivity index (χ0) is 22.8. The van der Waals surface area contributed by atoms with E-state index in [1.54, 1.807) is 24.3 Å². The number of amides is 2. The molecule has 0 aliphatic carbocycles. The highest BCUT2D eigenvalue weighted by Gasteiger charge is 2.38. The van der Waals surface area contributed by atoms with Crippen molar-refractivity contribution in [2.75, 3.05) is 13.8 Å². The lowest BCUT2D eigenvalue weighted by Crippen LogP contribution is -2.44. The first kappa shape index (κ1) is 21.2. The fourth-order valence-corrected chi connectivity index (χ4v) is 4.63. The van der Waals surface area contributed by atoms with Gasteiger partial charge in [-0.2, -0.15) is 0 Å². The number of fused-ring (bicyclic) bond motifs is 2. The van der Waals surface area contributed by atoms with Gasteiger partial charge >= 0.3 is 0 Å². The molecule has 0 unspecified atom stereocenters. The smallest absolute Gasteiger partial charge is 0.231 e. The highest BCUT2D eigenvalue weighted by molar-refractivity contribution is 5.80. The van der Waals surface area contributed by atoms with Crippen LogP contribution in [0.1, 0.15) is 36.8 Å². The molecule has 1 N–H and O–H groups in total. The van der Waals surface area contributed by atoms with Crippen LogP contribution in [0.5, 0.6) is 11.5 Å². The summed E-state index contributed by atoms with van der Waals surface area (Å²) in [5.41, 5.74) is 3.27. The van der Waals surface area contributed by atoms with Crippen molar-refractivity contribution in [3.63, 3.8) is 0 Å². The van der Waals surface area contributed by atoms with Gasteiger partial charge in [-0.1, -0.05) is 12.1 Å². The normalized spacial score (nSPS) is 19.0. The Bertz CT molecular complexity index is 1210. The third-order valence-electron chi connectivity index (χ3n) is 6.41. The number of carbonyl (C=O) groups excluding carboxylic acids is 2. The van der Waals surface area contributed by atoms with E-state index in [2.05, 4.69) is 15.3 Å². The van der Waals surface area contributed by atoms with Crippen molar-refractivity contribution < 1.29 is 19.1 Å². The number of hydrogen-bond acceptors (Lipinski definition) is 6. The Balaban J connectivity index is 1.24. The number of nitrogens with zero attached hydrogens (tertiary/aromatic N) is 3. The minimum Gasteiger partial charge on any atom is -0.454 e. The molecule has 0 radical (unpaired) electrons. The van der Waals surface area contributed by atoms with E-state index in [-0.39, 0.29) is 18.6 Å². The van der Waals surface area contributed by atoms with Crippen molar-refractivity contribution >= 4 is 22.8 Å². The molecular formula is C25H26N4O4. The molecule has 2 aromatic carbocycles. The summed E-state index contributed by atoms with van der Waals surface area (Å²) in [6.45, 7) is 0.720. The van der Waals surface area contributed by atoms with Crippen LogP contribution in [0.2, 0.25) is 0 Å². The van der Waals surface area contributed by atoms with Gasteiger partial charge in [0, 0.05) is 44.4 Å². The summed E-state index contributed by atoms with van der Waals surface area (Å²) in [5, 5.41) is 3.15. The molecule has 0 spiro atoms. The van der Waals surface area contributed by atoms with E-state index >= 15 is 0 Å². The molecule has 2 amide bonds. The minimum atomic E-state index is -0.431. The Morgan fingerprint density at radius 1 is 1.06 bits per heavy atom. The zero-order valence-electron chi connectivity index (χ0n) is 18.5. The van der Waals surface area contributed by atoms with Gasteiger partial charge in [-0.3, -0.25) is 19.6 Å². The molecule has 0 bridgehead atoms. The number of aromatic nitrogens is 2. The van der Waals surface area contributed by atoms with Gasteiger partial charge in [0.05, 0.1) is 11.0 Å². The molecule has 2 aliphatic rings. The van der Waals surface area contributed by atoms with Crippen LogP contribution in [0, 0.1) is 0 Å². The molecule has 8 nitrogen and oxygen atoms in total. The monoisotopic (exact) mass is 446 g/mol. The lowest BCUT2D eigenvalue weighted by Gasteiger charge is -2.30. The van der Waals surface area contributed by atoms with Crippen molar-refractivity contribution in [2.45, 2.75) is 44.2 Å². The predicted molar refractivity (Wildman–Crippen MR) is 122 cm³/mol. The summed E-state index contributed by atoms with van der Waals surface area (Å²) in [6.07, 6.45) is 6.10. The van der Waals surface area contributed by atoms with Crippen LogP contribution in [-0.2, 0) is 22.6 Å². The average molecular weight is 447 g/mol. The van der Waals surface area contributed by atoms with Crippen LogP contribution in [0.15, 0.2) is 48.8 Å². The van der Waals surface area contributed by atoms with Crippen LogP contribution in [0.4, 0.5) is 0 Å². The van der Waals surface area contributed by atoms with E-state index in [1.807, 2.05) is 36.4 Å². The molecule has 0 saturated carbocycles. The quantitative estimate of drug-likeness (QED) is 0.600. The molecule has 3 aromatic rings. The highest BCUT2D eigenvalue weighted by atomic mass is 16.7. The Morgan fingerprint density at radius 2 is 1.85 bits per heavy atom. The van der Waals surface area contributed by atoms with E-state index in [0.29, 0.717) is 38.6 Å². The SMILES string of the molecule is CN(Cc1ccc2nccnc2c1)C(=O)CC[C@]1(Cc2ccc3c(c2)OCO3)CCC(=O)N1. The molecule has 3 heterocycles. The summed E-state index contributed by atoms with van der Waals surface area (Å²) >= 11 is 0. The predicted octanol–water partition coefficient (Wildman–Crippen LogP) is 2.99. The maximum Gasteiger partial charge on any atom is 0.231 e. The van der Waals surface area contributed by atoms with Crippen LogP contribution < -0.4 is 14.8 Å². The maximum absolute atomic E-state index is 12.9. The van der Waals surface area contributed by atoms with E-state index in [9.17, 15) is 9.59 Å². The standard InChI is InChI=1S/C25H26N4O4/c1-29(15-18-2-4-19-20(12-18)27-11-10-26-19)24(31)7-9-25(8-6-23(30)28-25)14-17-3-5-21-22(13-17)33-16-32-21/h2-5,10-13H,6-9,14-16H2,1H3,(H,28,30)/t25-/m0/s1. The molecule has 1 fully saturated rings. The Morgan fingerprint density at radius 3 is 2.67 bits per heavy atom. The van der Waals surface area contributed by atoms with Crippen molar-refractivity contribution in [3.05, 3.63) is 59.9 Å². The first-order chi connectivity index (χ1) is 16.0. The number of benzene rings is 2. The van der Waals surface area contributed by atoms with Crippen LogP contribution in [0.3, 0.4) is 0 Å². The zero-order valence-corrected chi connectivity index (χ0v) is 18.5. The van der Waals surface area contributed by atoms with E-state index < -0.39 is 5.54 Å². The first-order valence-corrected chi connectivity index (χ1v) is 11.1. The summed E-state index contributed by atoms with van der Waals surface area (Å²) in [5.74, 6) is 1.54. The van der Waals surface area contributed by atoms with Gasteiger partial charge in [0.2, 0.25) is 18.6 Å². The number of hydrogen-bond donors (Lipinski definition) is 1. The molecule has 170 valence electrons. The molecule has 5 rings (SSSR count). The molecule has 1 saturated heterocycles. The van der Waals surface area contributed by atoms with Gasteiger partial charge in [0.1, 0.15) is 0 Å². The van der Waals surface area contributed by atoms with Gasteiger partial charge < -0.3 is 19.7 Å². The molecule has 1 atom stereocenters. The molecule has 8 heteroatoms. The topological polar surface area (TPSA) is 93.7 Å². The number of rotatable bonds is 7. The second kappa shape index (κ2) is 8.69. The lowest BCUT2D eigenvalue weighted by molar-refractivity contribution is -0.131. The van der Waals surface area contributed by atoms with Gasteiger partial charge in [-0.15, -0.1) is 0 Å². The fourth-order valence-electron chi connectivity index (χ4n) is 4.63. The number of nitrogens with one attached hydrogen (secondary N) is 1. The summed E-state index contributed by atoms with van der Waals surface area (Å²) in [4.78, 5) is 35.4. The molecule has 2 aliphatic heterocycles. The van der Waals surface area contributed by atoms with E-state index in [1.165, 1.54) is 0 Å². The Labute approximate surface area is 191 Å². The summed E-state index contributed by atoms with van der Waals surface area (Å²) in [7, 11) is 1.81. The molecular weight excluding hydrogens is 420 g/mol. The maximum atomic E-state index is 12.9. The largest absolute Gasteiger partial charge is 0.454 e. The van der Waals surface area contributed by atoms with Gasteiger partial charge in [-0.25, -0.2) is 0 Å². The highest BCUT2D eigenvalue weighted by Crippen LogP contribution is 2.36. The lowest BCUT2D eigenvalue weighted by atomic mass is 9.84. The Kier molecular flexibility index (Phi) is 5.58. The van der Waals surface area contributed by atoms with Crippen molar-refractivity contribution in [2.24, 2.45) is 0 Å². The van der Waals surface area contributed by atoms with Crippen molar-refractivity contribution in [3.8, 4) is 11.5 Å². The van der Waals surface area contributed by atoms with E-state index in [4.69, 9.17) is 9.47 Å². The third-order valence-corrected chi connectivity index (χ3v) is 6.41. The van der Waals surface area contributed by atoms with Gasteiger partial charge in [0.25, 0.3) is 0 Å². The van der Waals surface area contributed by atoms with Crippen molar-refractivity contribution in [1.29, 1.82) is 0 Å². The van der Waals surface area contributed by atoms with Crippen LogP contribution in [0.25, 0.3) is 11.0 Å². The van der Waals surface area contributed by atoms with Crippen LogP contribution in [-0.4, -0.2) is 46.1 Å². The van der Waals surface area contributed by atoms with Crippen molar-refractivity contribution in [1.82, 2.24) is 20.2 Å². The molecule has 33 heavy (non-hydrogen) atoms. The second-order valence-corrected chi connectivity index (χ2v) is 8.82. The summed E-state index contributed by atoms with van der Waals surface area (Å²) in [6, 6.07) is 11.7. The van der Waals surface area contributed by atoms with Crippen LogP contribution >= 0.6 is 0 Å². The number of carbonyl (C=O) groups is 2. The minimum absolute atomic E-state index is 0.0359. The molecule has 1 aromatic heterocycles. The Hall–Kier alpha value is -3.68. The summed E-state index contributed by atoms with van der Waals surface area (Å²) < 4.78 is 10.9.